The van der Waals surface area contributed by atoms with E-state index in [0.717, 1.165) is 13.1 Å². The van der Waals surface area contributed by atoms with Gasteiger partial charge in [0.1, 0.15) is 5.60 Å². The summed E-state index contributed by atoms with van der Waals surface area (Å²) in [7, 11) is 1.99. The lowest BCUT2D eigenvalue weighted by Gasteiger charge is -2.44. The predicted molar refractivity (Wildman–Crippen MR) is 69.0 cm³/mol. The maximum atomic E-state index is 11.8. The van der Waals surface area contributed by atoms with E-state index in [4.69, 9.17) is 4.74 Å². The van der Waals surface area contributed by atoms with Crippen molar-refractivity contribution >= 4 is 6.09 Å². The van der Waals surface area contributed by atoms with Crippen LogP contribution in [0.4, 0.5) is 4.79 Å². The summed E-state index contributed by atoms with van der Waals surface area (Å²) in [6.45, 7) is 11.7. The van der Waals surface area contributed by atoms with Crippen molar-refractivity contribution in [1.82, 2.24) is 10.2 Å². The molecule has 0 aromatic rings. The molecule has 1 saturated heterocycles. The van der Waals surface area contributed by atoms with Gasteiger partial charge < -0.3 is 15.0 Å². The van der Waals surface area contributed by atoms with Gasteiger partial charge in [0, 0.05) is 25.0 Å². The summed E-state index contributed by atoms with van der Waals surface area (Å²) in [6.07, 6.45) is -0.188. The molecule has 1 fully saturated rings. The third-order valence-corrected chi connectivity index (χ3v) is 3.12. The van der Waals surface area contributed by atoms with E-state index in [-0.39, 0.29) is 6.09 Å². The third-order valence-electron chi connectivity index (χ3n) is 3.12. The van der Waals surface area contributed by atoms with Crippen LogP contribution in [0.2, 0.25) is 0 Å². The van der Waals surface area contributed by atoms with Crippen LogP contribution in [0.3, 0.4) is 0 Å². The average Bonchev–Trinajstić information content (AvgIpc) is 2.05. The summed E-state index contributed by atoms with van der Waals surface area (Å²) in [4.78, 5) is 13.5. The van der Waals surface area contributed by atoms with Crippen LogP contribution < -0.4 is 5.32 Å². The second-order valence-corrected chi connectivity index (χ2v) is 6.20. The van der Waals surface area contributed by atoms with Gasteiger partial charge in [0.05, 0.1) is 0 Å². The maximum absolute atomic E-state index is 11.8. The van der Waals surface area contributed by atoms with E-state index in [1.807, 2.05) is 27.8 Å². The number of hydrogen-bond acceptors (Lipinski definition) is 3. The van der Waals surface area contributed by atoms with Crippen molar-refractivity contribution in [3.63, 3.8) is 0 Å². The molecule has 17 heavy (non-hydrogen) atoms. The number of amides is 1. The van der Waals surface area contributed by atoms with Crippen LogP contribution in [0.1, 0.15) is 34.6 Å². The van der Waals surface area contributed by atoms with Crippen molar-refractivity contribution < 1.29 is 9.53 Å². The molecule has 1 heterocycles. The zero-order chi connectivity index (χ0) is 13.2. The highest BCUT2D eigenvalue weighted by atomic mass is 16.6. The number of hydrogen-bond donors (Lipinski definition) is 1. The van der Waals surface area contributed by atoms with E-state index >= 15 is 0 Å². The molecular formula is C13H26N2O2. The van der Waals surface area contributed by atoms with Crippen LogP contribution in [0.25, 0.3) is 0 Å². The van der Waals surface area contributed by atoms with Gasteiger partial charge in [-0.3, -0.25) is 0 Å². The number of carbonyl (C=O) groups excluding carboxylic acids is 1. The van der Waals surface area contributed by atoms with Gasteiger partial charge in [-0.15, -0.1) is 0 Å². The van der Waals surface area contributed by atoms with Crippen LogP contribution in [0, 0.1) is 11.8 Å². The Kier molecular flexibility index (Phi) is 4.42. The summed E-state index contributed by atoms with van der Waals surface area (Å²) in [6, 6.07) is 0.480. The van der Waals surface area contributed by atoms with Crippen LogP contribution in [0.5, 0.6) is 0 Å². The Bertz CT molecular complexity index is 265. The highest BCUT2D eigenvalue weighted by molar-refractivity contribution is 5.69. The first-order valence-electron chi connectivity index (χ1n) is 6.39. The first kappa shape index (κ1) is 14.3. The van der Waals surface area contributed by atoms with Crippen molar-refractivity contribution in [3.05, 3.63) is 0 Å². The second-order valence-electron chi connectivity index (χ2n) is 6.20. The van der Waals surface area contributed by atoms with Crippen molar-refractivity contribution in [2.75, 3.05) is 20.1 Å². The molecule has 4 heteroatoms. The normalized spacial score (nSPS) is 19.1. The molecule has 0 saturated carbocycles. The molecule has 0 bridgehead atoms. The monoisotopic (exact) mass is 242 g/mol. The Morgan fingerprint density at radius 1 is 1.35 bits per heavy atom. The highest BCUT2D eigenvalue weighted by Crippen LogP contribution is 2.25. The van der Waals surface area contributed by atoms with Crippen LogP contribution in [-0.2, 0) is 4.74 Å². The van der Waals surface area contributed by atoms with Gasteiger partial charge >= 0.3 is 6.09 Å². The van der Waals surface area contributed by atoms with Gasteiger partial charge in [-0.05, 0) is 33.7 Å². The summed E-state index contributed by atoms with van der Waals surface area (Å²) in [5, 5.41) is 3.33. The smallest absolute Gasteiger partial charge is 0.410 e. The molecule has 4 nitrogen and oxygen atoms in total. The van der Waals surface area contributed by atoms with Gasteiger partial charge in [0.25, 0.3) is 0 Å². The van der Waals surface area contributed by atoms with Crippen LogP contribution in [-0.4, -0.2) is 42.8 Å². The largest absolute Gasteiger partial charge is 0.444 e. The molecule has 1 N–H and O–H groups in total. The number of rotatable bonds is 3. The zero-order valence-electron chi connectivity index (χ0n) is 11.9. The lowest BCUT2D eigenvalue weighted by Crippen LogP contribution is -2.59. The first-order valence-corrected chi connectivity index (χ1v) is 6.39. The molecule has 0 aliphatic carbocycles. The molecular weight excluding hydrogens is 216 g/mol. The van der Waals surface area contributed by atoms with Crippen molar-refractivity contribution in [2.24, 2.45) is 11.8 Å². The highest BCUT2D eigenvalue weighted by Gasteiger charge is 2.38. The standard InChI is InChI=1S/C13H26N2O2/c1-9(2)11(14-6)10-7-15(8-10)12(16)17-13(3,4)5/h9-11,14H,7-8H2,1-6H3. The lowest BCUT2D eigenvalue weighted by atomic mass is 9.85. The van der Waals surface area contributed by atoms with Crippen molar-refractivity contribution in [2.45, 2.75) is 46.3 Å². The molecule has 1 aliphatic rings. The molecule has 1 unspecified atom stereocenters. The predicted octanol–water partition coefficient (Wildman–Crippen LogP) is 2.10. The topological polar surface area (TPSA) is 41.6 Å². The zero-order valence-corrected chi connectivity index (χ0v) is 11.9. The molecule has 0 aromatic carbocycles. The molecule has 100 valence electrons. The van der Waals surface area contributed by atoms with E-state index in [2.05, 4.69) is 19.2 Å². The number of ether oxygens (including phenoxy) is 1. The molecule has 1 amide bonds. The van der Waals surface area contributed by atoms with E-state index in [1.54, 1.807) is 4.90 Å². The van der Waals surface area contributed by atoms with E-state index < -0.39 is 5.60 Å². The second kappa shape index (κ2) is 5.25. The minimum atomic E-state index is -0.400. The van der Waals surface area contributed by atoms with Crippen LogP contribution >= 0.6 is 0 Å². The third kappa shape index (κ3) is 3.87. The number of nitrogens with one attached hydrogen (secondary N) is 1. The van der Waals surface area contributed by atoms with Gasteiger partial charge in [0.15, 0.2) is 0 Å². The summed E-state index contributed by atoms with van der Waals surface area (Å²) < 4.78 is 5.33. The molecule has 1 atom stereocenters. The van der Waals surface area contributed by atoms with Gasteiger partial charge in [0.2, 0.25) is 0 Å². The fourth-order valence-corrected chi connectivity index (χ4v) is 2.33. The Hall–Kier alpha value is -0.770. The Morgan fingerprint density at radius 2 is 1.88 bits per heavy atom. The van der Waals surface area contributed by atoms with E-state index in [1.165, 1.54) is 0 Å². The summed E-state index contributed by atoms with van der Waals surface area (Å²) in [5.74, 6) is 1.14. The Labute approximate surface area is 105 Å². The number of nitrogens with zero attached hydrogens (tertiary/aromatic N) is 1. The lowest BCUT2D eigenvalue weighted by molar-refractivity contribution is -0.00938. The van der Waals surface area contributed by atoms with Gasteiger partial charge in [-0.1, -0.05) is 13.8 Å². The molecule has 1 aliphatic heterocycles. The van der Waals surface area contributed by atoms with Crippen molar-refractivity contribution in [3.8, 4) is 0 Å². The maximum Gasteiger partial charge on any atom is 0.410 e. The minimum Gasteiger partial charge on any atom is -0.444 e. The number of likely N-dealkylation sites (tertiary alicyclic amines) is 1. The SMILES string of the molecule is CNC(C(C)C)C1CN(C(=O)OC(C)(C)C)C1. The quantitative estimate of drug-likeness (QED) is 0.824. The average molecular weight is 242 g/mol. The van der Waals surface area contributed by atoms with E-state index in [0.29, 0.717) is 17.9 Å². The first-order chi connectivity index (χ1) is 7.74. The Morgan fingerprint density at radius 3 is 2.24 bits per heavy atom. The summed E-state index contributed by atoms with van der Waals surface area (Å²) >= 11 is 0. The van der Waals surface area contributed by atoms with E-state index in [9.17, 15) is 4.79 Å². The number of carbonyl (C=O) groups is 1. The molecule has 1 rings (SSSR count). The van der Waals surface area contributed by atoms with Crippen LogP contribution in [0.15, 0.2) is 0 Å². The molecule has 0 aromatic heterocycles. The van der Waals surface area contributed by atoms with Gasteiger partial charge in [-0.25, -0.2) is 4.79 Å². The molecule has 0 spiro atoms. The van der Waals surface area contributed by atoms with Crippen molar-refractivity contribution in [1.29, 1.82) is 0 Å². The fraction of sp³-hybridized carbons (Fsp3) is 0.923. The van der Waals surface area contributed by atoms with Gasteiger partial charge in [-0.2, -0.15) is 0 Å². The molecule has 0 radical (unpaired) electrons. The summed E-state index contributed by atoms with van der Waals surface area (Å²) in [5.41, 5.74) is -0.400. The minimum absolute atomic E-state index is 0.188. The fourth-order valence-electron chi connectivity index (χ4n) is 2.33. The Balaban J connectivity index is 2.38.